The molecule has 18 heavy (non-hydrogen) atoms. The van der Waals surface area contributed by atoms with Crippen LogP contribution in [0.5, 0.6) is 17.2 Å². The Labute approximate surface area is 104 Å². The second-order valence-corrected chi connectivity index (χ2v) is 4.62. The van der Waals surface area contributed by atoms with E-state index in [2.05, 4.69) is 0 Å². The van der Waals surface area contributed by atoms with E-state index in [0.29, 0.717) is 30.1 Å². The molecule has 0 unspecified atom stereocenters. The summed E-state index contributed by atoms with van der Waals surface area (Å²) in [6, 6.07) is 5.14. The lowest BCUT2D eigenvalue weighted by atomic mass is 10.0. The molecule has 1 aliphatic carbocycles. The van der Waals surface area contributed by atoms with Gasteiger partial charge in [-0.25, -0.2) is 4.79 Å². The van der Waals surface area contributed by atoms with E-state index in [1.807, 2.05) is 0 Å². The van der Waals surface area contributed by atoms with Crippen molar-refractivity contribution in [3.05, 3.63) is 18.2 Å². The number of carboxylic acids is 1. The number of rotatable bonds is 3. The van der Waals surface area contributed by atoms with Crippen LogP contribution < -0.4 is 14.2 Å². The Bertz CT molecular complexity index is 476. The maximum Gasteiger partial charge on any atom is 0.348 e. The highest BCUT2D eigenvalue weighted by molar-refractivity contribution is 5.78. The van der Waals surface area contributed by atoms with E-state index in [4.69, 9.17) is 14.2 Å². The minimum Gasteiger partial charge on any atom is -0.478 e. The van der Waals surface area contributed by atoms with Crippen molar-refractivity contribution in [3.63, 3.8) is 0 Å². The molecule has 1 saturated carbocycles. The Morgan fingerprint density at radius 2 is 1.94 bits per heavy atom. The molecule has 5 nitrogen and oxygen atoms in total. The Morgan fingerprint density at radius 3 is 2.67 bits per heavy atom. The molecule has 0 saturated heterocycles. The van der Waals surface area contributed by atoms with Crippen LogP contribution in [0.1, 0.15) is 25.7 Å². The van der Waals surface area contributed by atoms with Gasteiger partial charge in [-0.05, 0) is 37.8 Å². The van der Waals surface area contributed by atoms with Gasteiger partial charge < -0.3 is 19.3 Å². The first kappa shape index (κ1) is 11.2. The molecule has 3 rings (SSSR count). The molecule has 1 N–H and O–H groups in total. The second kappa shape index (κ2) is 4.08. The van der Waals surface area contributed by atoms with Crippen LogP contribution in [-0.4, -0.2) is 23.5 Å². The van der Waals surface area contributed by atoms with E-state index in [1.165, 1.54) is 0 Å². The first-order chi connectivity index (χ1) is 8.70. The van der Waals surface area contributed by atoms with Crippen LogP contribution in [0.4, 0.5) is 0 Å². The molecule has 1 aromatic carbocycles. The average Bonchev–Trinajstić information content (AvgIpc) is 2.97. The van der Waals surface area contributed by atoms with Gasteiger partial charge in [-0.2, -0.15) is 0 Å². The van der Waals surface area contributed by atoms with Gasteiger partial charge in [0, 0.05) is 6.07 Å². The second-order valence-electron chi connectivity index (χ2n) is 4.62. The minimum absolute atomic E-state index is 0.197. The fourth-order valence-corrected chi connectivity index (χ4v) is 2.47. The summed E-state index contributed by atoms with van der Waals surface area (Å²) in [5.74, 6) is 0.894. The van der Waals surface area contributed by atoms with Crippen molar-refractivity contribution < 1.29 is 24.1 Å². The zero-order valence-electron chi connectivity index (χ0n) is 9.85. The first-order valence-electron chi connectivity index (χ1n) is 6.02. The predicted molar refractivity (Wildman–Crippen MR) is 62.0 cm³/mol. The van der Waals surface area contributed by atoms with E-state index >= 15 is 0 Å². The lowest BCUT2D eigenvalue weighted by molar-refractivity contribution is -0.154. The van der Waals surface area contributed by atoms with Crippen LogP contribution in [0, 0.1) is 0 Å². The van der Waals surface area contributed by atoms with Crippen molar-refractivity contribution >= 4 is 5.97 Å². The highest BCUT2D eigenvalue weighted by atomic mass is 16.7. The Balaban J connectivity index is 1.85. The van der Waals surface area contributed by atoms with E-state index < -0.39 is 11.6 Å². The number of hydrogen-bond acceptors (Lipinski definition) is 4. The molecule has 0 atom stereocenters. The molecule has 5 heteroatoms. The number of hydrogen-bond donors (Lipinski definition) is 1. The maximum absolute atomic E-state index is 11.4. The lowest BCUT2D eigenvalue weighted by Crippen LogP contribution is -2.41. The number of fused-ring (bicyclic) bond motifs is 1. The predicted octanol–water partition coefficient (Wildman–Crippen LogP) is 2.19. The molecule has 96 valence electrons. The summed E-state index contributed by atoms with van der Waals surface area (Å²) in [6.07, 6.45) is 2.88. The number of aliphatic carboxylic acids is 1. The fourth-order valence-electron chi connectivity index (χ4n) is 2.47. The molecular weight excluding hydrogens is 236 g/mol. The number of benzene rings is 1. The van der Waals surface area contributed by atoms with Gasteiger partial charge in [-0.3, -0.25) is 0 Å². The van der Waals surface area contributed by atoms with E-state index in [1.54, 1.807) is 18.2 Å². The van der Waals surface area contributed by atoms with Crippen LogP contribution in [0.25, 0.3) is 0 Å². The number of carbonyl (C=O) groups is 1. The zero-order valence-corrected chi connectivity index (χ0v) is 9.85. The first-order valence-corrected chi connectivity index (χ1v) is 6.02. The number of carboxylic acid groups (broad SMARTS) is 1. The smallest absolute Gasteiger partial charge is 0.348 e. The molecule has 1 aromatic rings. The van der Waals surface area contributed by atoms with E-state index in [0.717, 1.165) is 12.8 Å². The molecule has 1 aliphatic heterocycles. The van der Waals surface area contributed by atoms with E-state index in [9.17, 15) is 9.90 Å². The molecule has 1 heterocycles. The van der Waals surface area contributed by atoms with Crippen molar-refractivity contribution in [1.29, 1.82) is 0 Å². The van der Waals surface area contributed by atoms with Crippen LogP contribution in [-0.2, 0) is 4.79 Å². The quantitative estimate of drug-likeness (QED) is 0.890. The average molecular weight is 250 g/mol. The van der Waals surface area contributed by atoms with Crippen LogP contribution in [0.15, 0.2) is 18.2 Å². The van der Waals surface area contributed by atoms with Crippen LogP contribution >= 0.6 is 0 Å². The SMILES string of the molecule is O=C(O)C1(Oc2ccc3c(c2)OCO3)CCCC1. The van der Waals surface area contributed by atoms with Crippen LogP contribution in [0.2, 0.25) is 0 Å². The third-order valence-corrected chi connectivity index (χ3v) is 3.46. The van der Waals surface area contributed by atoms with Crippen molar-refractivity contribution in [2.24, 2.45) is 0 Å². The zero-order chi connectivity index (χ0) is 12.6. The highest BCUT2D eigenvalue weighted by Crippen LogP contribution is 2.39. The topological polar surface area (TPSA) is 65.0 Å². The van der Waals surface area contributed by atoms with Gasteiger partial charge in [-0.1, -0.05) is 0 Å². The molecule has 0 radical (unpaired) electrons. The van der Waals surface area contributed by atoms with Gasteiger partial charge in [0.2, 0.25) is 12.4 Å². The summed E-state index contributed by atoms with van der Waals surface area (Å²) in [6.45, 7) is 0.197. The van der Waals surface area contributed by atoms with Crippen molar-refractivity contribution in [2.75, 3.05) is 6.79 Å². The molecule has 0 amide bonds. The highest BCUT2D eigenvalue weighted by Gasteiger charge is 2.44. The van der Waals surface area contributed by atoms with Crippen LogP contribution in [0.3, 0.4) is 0 Å². The summed E-state index contributed by atoms with van der Waals surface area (Å²) < 4.78 is 16.2. The monoisotopic (exact) mass is 250 g/mol. The van der Waals surface area contributed by atoms with Gasteiger partial charge in [0.25, 0.3) is 0 Å². The van der Waals surface area contributed by atoms with Gasteiger partial charge >= 0.3 is 5.97 Å². The Morgan fingerprint density at radius 1 is 1.22 bits per heavy atom. The lowest BCUT2D eigenvalue weighted by Gasteiger charge is -2.25. The normalized spacial score (nSPS) is 19.8. The Hall–Kier alpha value is -1.91. The number of ether oxygens (including phenoxy) is 3. The van der Waals surface area contributed by atoms with Gasteiger partial charge in [0.1, 0.15) is 5.75 Å². The summed E-state index contributed by atoms with van der Waals surface area (Å²) in [7, 11) is 0. The molecule has 0 spiro atoms. The fraction of sp³-hybridized carbons (Fsp3) is 0.462. The molecule has 1 fully saturated rings. The minimum atomic E-state index is -1.08. The van der Waals surface area contributed by atoms with E-state index in [-0.39, 0.29) is 6.79 Å². The molecular formula is C13H14O5. The third-order valence-electron chi connectivity index (χ3n) is 3.46. The van der Waals surface area contributed by atoms with Gasteiger partial charge in [0.15, 0.2) is 11.5 Å². The largest absolute Gasteiger partial charge is 0.478 e. The van der Waals surface area contributed by atoms with Crippen molar-refractivity contribution in [3.8, 4) is 17.2 Å². The summed E-state index contributed by atoms with van der Waals surface area (Å²) >= 11 is 0. The Kier molecular flexibility index (Phi) is 2.54. The van der Waals surface area contributed by atoms with Gasteiger partial charge in [-0.15, -0.1) is 0 Å². The summed E-state index contributed by atoms with van der Waals surface area (Å²) in [5.41, 5.74) is -1.08. The maximum atomic E-state index is 11.4. The van der Waals surface area contributed by atoms with Crippen molar-refractivity contribution in [2.45, 2.75) is 31.3 Å². The van der Waals surface area contributed by atoms with Gasteiger partial charge in [0.05, 0.1) is 0 Å². The van der Waals surface area contributed by atoms with Crippen molar-refractivity contribution in [1.82, 2.24) is 0 Å². The molecule has 2 aliphatic rings. The molecule has 0 bridgehead atoms. The summed E-state index contributed by atoms with van der Waals surface area (Å²) in [4.78, 5) is 11.4. The molecule has 0 aromatic heterocycles. The standard InChI is InChI=1S/C13H14O5/c14-12(15)13(5-1-2-6-13)18-9-3-4-10-11(7-9)17-8-16-10/h3-4,7H,1-2,5-6,8H2,(H,14,15). The summed E-state index contributed by atoms with van der Waals surface area (Å²) in [5, 5.41) is 9.34. The third kappa shape index (κ3) is 1.75.